The summed E-state index contributed by atoms with van der Waals surface area (Å²) >= 11 is 1.33. The number of primary amides is 1. The molecular weight excluding hydrogens is 216 g/mol. The van der Waals surface area contributed by atoms with Crippen LogP contribution in [0.4, 0.5) is 4.79 Å². The summed E-state index contributed by atoms with van der Waals surface area (Å²) in [6.45, 7) is 0.217. The lowest BCUT2D eigenvalue weighted by Crippen LogP contribution is -2.19. The minimum Gasteiger partial charge on any atom is -0.438 e. The van der Waals surface area contributed by atoms with E-state index in [4.69, 9.17) is 20.5 Å². The maximum Gasteiger partial charge on any atom is 0.405 e. The molecule has 6 heteroatoms. The van der Waals surface area contributed by atoms with Gasteiger partial charge in [-0.2, -0.15) is 5.26 Å². The predicted molar refractivity (Wildman–Crippen MR) is 54.3 cm³/mol. The Labute approximate surface area is 91.0 Å². The van der Waals surface area contributed by atoms with Crippen LogP contribution in [0.25, 0.3) is 0 Å². The lowest BCUT2D eigenvalue weighted by atomic mass is 10.2. The summed E-state index contributed by atoms with van der Waals surface area (Å²) in [6.07, 6.45) is -1.40. The van der Waals surface area contributed by atoms with Crippen LogP contribution in [-0.4, -0.2) is 19.8 Å². The van der Waals surface area contributed by atoms with E-state index in [1.54, 1.807) is 11.4 Å². The zero-order valence-corrected chi connectivity index (χ0v) is 8.91. The molecule has 0 saturated heterocycles. The van der Waals surface area contributed by atoms with Gasteiger partial charge in [-0.25, -0.2) is 4.79 Å². The Kier molecular flexibility index (Phi) is 4.09. The Morgan fingerprint density at radius 1 is 1.80 bits per heavy atom. The molecule has 15 heavy (non-hydrogen) atoms. The van der Waals surface area contributed by atoms with Crippen molar-refractivity contribution in [2.24, 2.45) is 5.73 Å². The number of nitrogens with zero attached hydrogens (tertiary/aromatic N) is 1. The number of nitrogens with two attached hydrogens (primary N) is 1. The molecule has 0 aliphatic carbocycles. The fourth-order valence-electron chi connectivity index (χ4n) is 1.05. The van der Waals surface area contributed by atoms with Crippen molar-refractivity contribution in [3.05, 3.63) is 21.9 Å². The highest BCUT2D eigenvalue weighted by molar-refractivity contribution is 7.10. The van der Waals surface area contributed by atoms with E-state index in [1.165, 1.54) is 18.4 Å². The Bertz CT molecular complexity index is 383. The molecule has 0 unspecified atom stereocenters. The smallest absolute Gasteiger partial charge is 0.405 e. The Morgan fingerprint density at radius 3 is 3.00 bits per heavy atom. The van der Waals surface area contributed by atoms with E-state index >= 15 is 0 Å². The van der Waals surface area contributed by atoms with Gasteiger partial charge in [0, 0.05) is 17.4 Å². The highest BCUT2D eigenvalue weighted by Gasteiger charge is 2.17. The van der Waals surface area contributed by atoms with Crippen molar-refractivity contribution in [3.8, 4) is 6.07 Å². The van der Waals surface area contributed by atoms with Gasteiger partial charge in [0.15, 0.2) is 6.10 Å². The lowest BCUT2D eigenvalue weighted by molar-refractivity contribution is 0.0451. The van der Waals surface area contributed by atoms with Crippen molar-refractivity contribution in [3.63, 3.8) is 0 Å². The average molecular weight is 226 g/mol. The number of hydrogen-bond donors (Lipinski definition) is 1. The summed E-state index contributed by atoms with van der Waals surface area (Å²) in [5, 5.41) is 10.3. The van der Waals surface area contributed by atoms with Gasteiger partial charge < -0.3 is 15.2 Å². The van der Waals surface area contributed by atoms with Gasteiger partial charge in [-0.3, -0.25) is 0 Å². The molecule has 0 bridgehead atoms. The number of thiophene rings is 1. The van der Waals surface area contributed by atoms with Crippen LogP contribution in [0.3, 0.4) is 0 Å². The van der Waals surface area contributed by atoms with Crippen LogP contribution in [0.5, 0.6) is 0 Å². The van der Waals surface area contributed by atoms with Crippen molar-refractivity contribution in [1.29, 1.82) is 5.26 Å². The number of ether oxygens (including phenoxy) is 2. The van der Waals surface area contributed by atoms with E-state index in [-0.39, 0.29) is 6.61 Å². The Morgan fingerprint density at radius 2 is 2.53 bits per heavy atom. The number of nitriles is 1. The normalized spacial score (nSPS) is 11.7. The summed E-state index contributed by atoms with van der Waals surface area (Å²) < 4.78 is 9.74. The molecule has 0 fully saturated rings. The maximum absolute atomic E-state index is 10.6. The highest BCUT2D eigenvalue weighted by Crippen LogP contribution is 2.25. The van der Waals surface area contributed by atoms with Crippen LogP contribution >= 0.6 is 11.3 Å². The minimum absolute atomic E-state index is 0.217. The van der Waals surface area contributed by atoms with Crippen LogP contribution in [0.2, 0.25) is 0 Å². The van der Waals surface area contributed by atoms with Crippen molar-refractivity contribution >= 4 is 17.4 Å². The molecule has 0 saturated carbocycles. The molecule has 0 aliphatic rings. The second-order valence-electron chi connectivity index (χ2n) is 2.73. The molecule has 0 aliphatic heterocycles. The molecular formula is C9H10N2O3S. The molecule has 1 amide bonds. The first-order chi connectivity index (χ1) is 7.17. The van der Waals surface area contributed by atoms with Crippen LogP contribution in [-0.2, 0) is 9.47 Å². The summed E-state index contributed by atoms with van der Waals surface area (Å²) in [4.78, 5) is 11.4. The molecule has 1 rings (SSSR count). The van der Waals surface area contributed by atoms with Gasteiger partial charge >= 0.3 is 6.09 Å². The van der Waals surface area contributed by atoms with Gasteiger partial charge in [0.2, 0.25) is 0 Å². The van der Waals surface area contributed by atoms with E-state index in [1.807, 2.05) is 6.07 Å². The third-order valence-corrected chi connectivity index (χ3v) is 2.67. The Balaban J connectivity index is 2.79. The van der Waals surface area contributed by atoms with Gasteiger partial charge in [0.05, 0.1) is 12.2 Å². The maximum atomic E-state index is 10.6. The van der Waals surface area contributed by atoms with Crippen LogP contribution in [0.1, 0.15) is 16.5 Å². The molecule has 1 heterocycles. The van der Waals surface area contributed by atoms with Gasteiger partial charge in [-0.15, -0.1) is 11.3 Å². The lowest BCUT2D eigenvalue weighted by Gasteiger charge is -2.13. The van der Waals surface area contributed by atoms with E-state index in [9.17, 15) is 4.79 Å². The fourth-order valence-corrected chi connectivity index (χ4v) is 1.89. The van der Waals surface area contributed by atoms with Crippen molar-refractivity contribution in [2.45, 2.75) is 6.10 Å². The first-order valence-electron chi connectivity index (χ1n) is 4.11. The molecule has 0 radical (unpaired) electrons. The van der Waals surface area contributed by atoms with Gasteiger partial charge in [0.1, 0.15) is 6.07 Å². The largest absolute Gasteiger partial charge is 0.438 e. The summed E-state index contributed by atoms with van der Waals surface area (Å²) in [6, 6.07) is 3.65. The van der Waals surface area contributed by atoms with Crippen LogP contribution in [0, 0.1) is 11.3 Å². The van der Waals surface area contributed by atoms with E-state index in [2.05, 4.69) is 0 Å². The molecule has 5 nitrogen and oxygen atoms in total. The monoisotopic (exact) mass is 226 g/mol. The van der Waals surface area contributed by atoms with E-state index < -0.39 is 12.2 Å². The molecule has 0 aromatic carbocycles. The van der Waals surface area contributed by atoms with Crippen molar-refractivity contribution in [1.82, 2.24) is 0 Å². The number of hydrogen-bond acceptors (Lipinski definition) is 5. The number of rotatable bonds is 4. The van der Waals surface area contributed by atoms with Gasteiger partial charge in [-0.05, 0) is 6.07 Å². The predicted octanol–water partition coefficient (Wildman–Crippen LogP) is 1.40. The van der Waals surface area contributed by atoms with E-state index in [0.29, 0.717) is 5.56 Å². The van der Waals surface area contributed by atoms with Crippen molar-refractivity contribution in [2.75, 3.05) is 13.7 Å². The average Bonchev–Trinajstić information content (AvgIpc) is 2.64. The topological polar surface area (TPSA) is 85.3 Å². The number of carbonyl (C=O) groups is 1. The number of carbonyl (C=O) groups excluding carboxylic acids is 1. The third-order valence-electron chi connectivity index (χ3n) is 1.64. The molecule has 80 valence electrons. The molecule has 0 spiro atoms. The number of amides is 1. The molecule has 1 atom stereocenters. The van der Waals surface area contributed by atoms with Crippen LogP contribution in [0.15, 0.2) is 11.4 Å². The van der Waals surface area contributed by atoms with Gasteiger partial charge in [0.25, 0.3) is 0 Å². The minimum atomic E-state index is -0.857. The molecule has 1 aromatic rings. The second-order valence-corrected chi connectivity index (χ2v) is 3.67. The zero-order chi connectivity index (χ0) is 11.3. The van der Waals surface area contributed by atoms with E-state index in [0.717, 1.165) is 4.88 Å². The zero-order valence-electron chi connectivity index (χ0n) is 8.10. The fraction of sp³-hybridized carbons (Fsp3) is 0.333. The summed E-state index contributed by atoms with van der Waals surface area (Å²) in [5.41, 5.74) is 5.45. The van der Waals surface area contributed by atoms with Crippen LogP contribution < -0.4 is 5.73 Å². The number of methoxy groups -OCH3 is 1. The van der Waals surface area contributed by atoms with Gasteiger partial charge in [-0.1, -0.05) is 0 Å². The first-order valence-corrected chi connectivity index (χ1v) is 4.99. The second kappa shape index (κ2) is 5.34. The highest BCUT2D eigenvalue weighted by atomic mass is 32.1. The van der Waals surface area contributed by atoms with Crippen molar-refractivity contribution < 1.29 is 14.3 Å². The Hall–Kier alpha value is -1.58. The summed E-state index contributed by atoms with van der Waals surface area (Å²) in [7, 11) is 1.50. The quantitative estimate of drug-likeness (QED) is 0.840. The third kappa shape index (κ3) is 3.23. The standard InChI is InChI=1S/C9H10N2O3S/c1-13-4-7(14-9(11)12)8-2-6(3-10)5-15-8/h2,5,7H,4H2,1H3,(H2,11,12)/t7-/m1/s1. The first kappa shape index (κ1) is 11.5. The SMILES string of the molecule is COC[C@@H](OC(N)=O)c1cc(C#N)cs1. The molecule has 2 N–H and O–H groups in total. The molecule has 1 aromatic heterocycles. The summed E-state index contributed by atoms with van der Waals surface area (Å²) in [5.74, 6) is 0.